The number of rotatable bonds is 8. The van der Waals surface area contributed by atoms with E-state index in [0.717, 1.165) is 55.0 Å². The standard InChI is InChI=1S/C29H28FN7O/c30-24-7-5-22(6-8-24)18-37-19-26(16-34-37)35-25-13-27(28(29(32)38)33-15-25)23-9-11-36(12-10-23)17-21-3-1-20(14-31)2-4-21/h1-8,13,15-16,19,23,35H,9-12,17-18H2,(H2,32,38). The molecule has 4 aromatic rings. The maximum absolute atomic E-state index is 13.2. The number of nitrogens with one attached hydrogen (secondary N) is 1. The summed E-state index contributed by atoms with van der Waals surface area (Å²) in [6, 6.07) is 18.1. The Morgan fingerprint density at radius 2 is 1.71 bits per heavy atom. The number of primary amides is 1. The fraction of sp³-hybridized carbons (Fsp3) is 0.241. The van der Waals surface area contributed by atoms with Crippen molar-refractivity contribution < 1.29 is 9.18 Å². The monoisotopic (exact) mass is 509 g/mol. The third-order valence-electron chi connectivity index (χ3n) is 6.85. The molecule has 0 atom stereocenters. The average molecular weight is 510 g/mol. The fourth-order valence-electron chi connectivity index (χ4n) is 4.87. The van der Waals surface area contributed by atoms with E-state index in [-0.39, 0.29) is 11.7 Å². The van der Waals surface area contributed by atoms with E-state index in [0.29, 0.717) is 17.8 Å². The molecular formula is C29H28FN7O. The van der Waals surface area contributed by atoms with E-state index in [1.807, 2.05) is 36.5 Å². The summed E-state index contributed by atoms with van der Waals surface area (Å²) in [5.74, 6) is -0.625. The van der Waals surface area contributed by atoms with Crippen molar-refractivity contribution in [2.75, 3.05) is 18.4 Å². The molecule has 0 saturated carbocycles. The van der Waals surface area contributed by atoms with Crippen molar-refractivity contribution in [3.8, 4) is 6.07 Å². The molecule has 2 aromatic heterocycles. The molecule has 9 heteroatoms. The number of aromatic nitrogens is 3. The summed E-state index contributed by atoms with van der Waals surface area (Å²) in [6.45, 7) is 3.11. The molecule has 1 saturated heterocycles. The molecule has 1 aliphatic heterocycles. The summed E-state index contributed by atoms with van der Waals surface area (Å²) in [6.07, 6.45) is 6.97. The lowest BCUT2D eigenvalue weighted by atomic mass is 9.87. The van der Waals surface area contributed by atoms with E-state index in [1.165, 1.54) is 17.7 Å². The first-order chi connectivity index (χ1) is 18.5. The molecule has 3 heterocycles. The largest absolute Gasteiger partial charge is 0.364 e. The van der Waals surface area contributed by atoms with E-state index in [4.69, 9.17) is 11.0 Å². The van der Waals surface area contributed by atoms with Gasteiger partial charge < -0.3 is 11.1 Å². The summed E-state index contributed by atoms with van der Waals surface area (Å²) in [7, 11) is 0. The molecule has 38 heavy (non-hydrogen) atoms. The zero-order valence-electron chi connectivity index (χ0n) is 20.8. The zero-order valence-corrected chi connectivity index (χ0v) is 20.8. The Morgan fingerprint density at radius 1 is 1.03 bits per heavy atom. The summed E-state index contributed by atoms with van der Waals surface area (Å²) in [5.41, 5.74) is 11.2. The van der Waals surface area contributed by atoms with Gasteiger partial charge >= 0.3 is 0 Å². The van der Waals surface area contributed by atoms with Gasteiger partial charge in [0, 0.05) is 12.7 Å². The second kappa shape index (κ2) is 11.2. The van der Waals surface area contributed by atoms with Gasteiger partial charge in [-0.05, 0) is 78.9 Å². The molecule has 0 unspecified atom stereocenters. The number of anilines is 2. The minimum absolute atomic E-state index is 0.171. The molecule has 8 nitrogen and oxygen atoms in total. The van der Waals surface area contributed by atoms with Crippen molar-refractivity contribution >= 4 is 17.3 Å². The van der Waals surface area contributed by atoms with Crippen LogP contribution in [0.2, 0.25) is 0 Å². The van der Waals surface area contributed by atoms with Crippen molar-refractivity contribution in [2.45, 2.75) is 31.8 Å². The highest BCUT2D eigenvalue weighted by molar-refractivity contribution is 5.93. The number of pyridine rings is 1. The molecule has 192 valence electrons. The number of hydrogen-bond donors (Lipinski definition) is 2. The van der Waals surface area contributed by atoms with Gasteiger partial charge in [0.15, 0.2) is 0 Å². The molecule has 1 amide bonds. The van der Waals surface area contributed by atoms with Gasteiger partial charge in [-0.2, -0.15) is 10.4 Å². The van der Waals surface area contributed by atoms with Gasteiger partial charge in [-0.25, -0.2) is 9.37 Å². The van der Waals surface area contributed by atoms with Crippen LogP contribution in [-0.4, -0.2) is 38.7 Å². The lowest BCUT2D eigenvalue weighted by molar-refractivity contribution is 0.0993. The summed E-state index contributed by atoms with van der Waals surface area (Å²) in [5, 5.41) is 16.7. The summed E-state index contributed by atoms with van der Waals surface area (Å²) < 4.78 is 14.9. The molecular weight excluding hydrogens is 481 g/mol. The van der Waals surface area contributed by atoms with Crippen molar-refractivity contribution in [1.29, 1.82) is 5.26 Å². The molecule has 0 bridgehead atoms. The lowest BCUT2D eigenvalue weighted by Gasteiger charge is -2.32. The fourth-order valence-corrected chi connectivity index (χ4v) is 4.87. The average Bonchev–Trinajstić information content (AvgIpc) is 3.37. The van der Waals surface area contributed by atoms with Crippen LogP contribution in [0, 0.1) is 17.1 Å². The number of carbonyl (C=O) groups is 1. The van der Waals surface area contributed by atoms with Crippen molar-refractivity contribution in [3.63, 3.8) is 0 Å². The maximum Gasteiger partial charge on any atom is 0.267 e. The molecule has 2 aromatic carbocycles. The van der Waals surface area contributed by atoms with Crippen LogP contribution in [0.15, 0.2) is 73.2 Å². The Bertz CT molecular complexity index is 1450. The Labute approximate surface area is 220 Å². The number of nitrogens with two attached hydrogens (primary N) is 1. The predicted octanol–water partition coefficient (Wildman–Crippen LogP) is 4.56. The first-order valence-electron chi connectivity index (χ1n) is 12.5. The minimum atomic E-state index is -0.529. The molecule has 3 N–H and O–H groups in total. The zero-order chi connectivity index (χ0) is 26.5. The van der Waals surface area contributed by atoms with Crippen molar-refractivity contribution in [2.24, 2.45) is 5.73 Å². The molecule has 0 aliphatic carbocycles. The smallest absolute Gasteiger partial charge is 0.267 e. The predicted molar refractivity (Wildman–Crippen MR) is 142 cm³/mol. The van der Waals surface area contributed by atoms with E-state index in [9.17, 15) is 9.18 Å². The molecule has 0 radical (unpaired) electrons. The maximum atomic E-state index is 13.2. The third-order valence-corrected chi connectivity index (χ3v) is 6.85. The number of benzene rings is 2. The van der Waals surface area contributed by atoms with Crippen LogP contribution in [0.1, 0.15) is 51.5 Å². The summed E-state index contributed by atoms with van der Waals surface area (Å²) in [4.78, 5) is 18.9. The lowest BCUT2D eigenvalue weighted by Crippen LogP contribution is -2.33. The first-order valence-corrected chi connectivity index (χ1v) is 12.5. The Hall–Kier alpha value is -4.55. The number of likely N-dealkylation sites (tertiary alicyclic amines) is 1. The van der Waals surface area contributed by atoms with E-state index in [2.05, 4.69) is 26.4 Å². The van der Waals surface area contributed by atoms with Crippen LogP contribution >= 0.6 is 0 Å². The van der Waals surface area contributed by atoms with E-state index < -0.39 is 5.91 Å². The number of carbonyl (C=O) groups excluding carboxylic acids is 1. The highest BCUT2D eigenvalue weighted by Crippen LogP contribution is 2.32. The molecule has 1 aliphatic rings. The Kier molecular flexibility index (Phi) is 7.43. The number of halogens is 1. The van der Waals surface area contributed by atoms with Gasteiger partial charge in [0.1, 0.15) is 11.5 Å². The first kappa shape index (κ1) is 25.1. The third kappa shape index (κ3) is 6.05. The van der Waals surface area contributed by atoms with Gasteiger partial charge in [-0.15, -0.1) is 0 Å². The van der Waals surface area contributed by atoms with Crippen LogP contribution in [0.25, 0.3) is 0 Å². The summed E-state index contributed by atoms with van der Waals surface area (Å²) >= 11 is 0. The van der Waals surface area contributed by atoms with Crippen LogP contribution in [-0.2, 0) is 13.1 Å². The van der Waals surface area contributed by atoms with E-state index in [1.54, 1.807) is 29.2 Å². The van der Waals surface area contributed by atoms with E-state index >= 15 is 0 Å². The van der Waals surface area contributed by atoms with Gasteiger partial charge in [-0.3, -0.25) is 14.4 Å². The van der Waals surface area contributed by atoms with Crippen molar-refractivity contribution in [3.05, 3.63) is 107 Å². The van der Waals surface area contributed by atoms with Crippen LogP contribution in [0.3, 0.4) is 0 Å². The quantitative estimate of drug-likeness (QED) is 0.360. The van der Waals surface area contributed by atoms with Crippen LogP contribution < -0.4 is 11.1 Å². The second-order valence-corrected chi connectivity index (χ2v) is 9.56. The van der Waals surface area contributed by atoms with Gasteiger partial charge in [0.05, 0.1) is 41.9 Å². The number of amides is 1. The molecule has 1 fully saturated rings. The van der Waals surface area contributed by atoms with Crippen LogP contribution in [0.5, 0.6) is 0 Å². The highest BCUT2D eigenvalue weighted by Gasteiger charge is 2.25. The van der Waals surface area contributed by atoms with Crippen molar-refractivity contribution in [1.82, 2.24) is 19.7 Å². The normalized spacial score (nSPS) is 14.2. The Balaban J connectivity index is 1.24. The SMILES string of the molecule is N#Cc1ccc(CN2CCC(c3cc(Nc4cnn(Cc5ccc(F)cc5)c4)cnc3C(N)=O)CC2)cc1. The number of nitriles is 1. The highest BCUT2D eigenvalue weighted by atomic mass is 19.1. The van der Waals surface area contributed by atoms with Gasteiger partial charge in [0.25, 0.3) is 5.91 Å². The molecule has 5 rings (SSSR count). The minimum Gasteiger partial charge on any atom is -0.364 e. The number of hydrogen-bond acceptors (Lipinski definition) is 6. The van der Waals surface area contributed by atoms with Gasteiger partial charge in [-0.1, -0.05) is 24.3 Å². The van der Waals surface area contributed by atoms with Gasteiger partial charge in [0.2, 0.25) is 0 Å². The van der Waals surface area contributed by atoms with Crippen LogP contribution in [0.4, 0.5) is 15.8 Å². The second-order valence-electron chi connectivity index (χ2n) is 9.56. The topological polar surface area (TPSA) is 113 Å². The number of nitrogens with zero attached hydrogens (tertiary/aromatic N) is 5. The molecule has 0 spiro atoms. The Morgan fingerprint density at radius 3 is 2.39 bits per heavy atom. The number of piperidine rings is 1.